The monoisotopic (exact) mass is 479 g/mol. The molecule has 0 saturated carbocycles. The van der Waals surface area contributed by atoms with Gasteiger partial charge < -0.3 is 14.4 Å². The molecular weight excluding hydrogens is 454 g/mol. The lowest BCUT2D eigenvalue weighted by Crippen LogP contribution is -2.48. The number of fused-ring (bicyclic) bond motifs is 5. The minimum atomic E-state index is -1.53. The number of anilines is 1. The van der Waals surface area contributed by atoms with Gasteiger partial charge in [-0.1, -0.05) is 66.7 Å². The van der Waals surface area contributed by atoms with Gasteiger partial charge in [-0.25, -0.2) is 4.79 Å². The molecule has 1 aliphatic carbocycles. The molecule has 0 bridgehead atoms. The van der Waals surface area contributed by atoms with Gasteiger partial charge in [-0.15, -0.1) is 0 Å². The summed E-state index contributed by atoms with van der Waals surface area (Å²) in [6.45, 7) is 1.94. The minimum Gasteiger partial charge on any atom is -0.497 e. The number of hydrogen-bond acceptors (Lipinski definition) is 6. The van der Waals surface area contributed by atoms with Gasteiger partial charge in [0.05, 0.1) is 19.8 Å². The summed E-state index contributed by atoms with van der Waals surface area (Å²) in [6, 6.07) is 20.4. The lowest BCUT2D eigenvalue weighted by molar-refractivity contribution is -0.145. The number of methoxy groups -OCH3 is 1. The third kappa shape index (κ3) is 2.81. The summed E-state index contributed by atoms with van der Waals surface area (Å²) < 4.78 is 11.1. The second kappa shape index (κ2) is 8.19. The molecule has 3 aliphatic rings. The Labute approximate surface area is 209 Å². The van der Waals surface area contributed by atoms with E-state index >= 15 is 0 Å². The van der Waals surface area contributed by atoms with Gasteiger partial charge >= 0.3 is 5.97 Å². The highest BCUT2D eigenvalue weighted by Crippen LogP contribution is 2.60. The maximum atomic E-state index is 14.4. The van der Waals surface area contributed by atoms with E-state index in [9.17, 15) is 14.4 Å². The summed E-state index contributed by atoms with van der Waals surface area (Å²) in [7, 11) is 1.57. The van der Waals surface area contributed by atoms with E-state index in [1.54, 1.807) is 44.4 Å². The standard InChI is InChI=1S/C30H25NO5/c1-3-36-29(34)26-25(19-10-8-11-20(17-19)35-2)30(27(32)21-12-5-6-13-22(21)28(30)33)24-16-15-18-9-4-7-14-23(18)31(24)26/h4-17,24-26H,3H2,1-2H3/t24?,25-,26+/m0/s1. The van der Waals surface area contributed by atoms with Crippen molar-refractivity contribution < 1.29 is 23.9 Å². The summed E-state index contributed by atoms with van der Waals surface area (Å²) in [4.78, 5) is 44.5. The van der Waals surface area contributed by atoms with E-state index in [1.165, 1.54) is 0 Å². The van der Waals surface area contributed by atoms with E-state index in [-0.39, 0.29) is 18.2 Å². The highest BCUT2D eigenvalue weighted by molar-refractivity contribution is 6.32. The summed E-state index contributed by atoms with van der Waals surface area (Å²) >= 11 is 0. The van der Waals surface area contributed by atoms with Crippen LogP contribution in [-0.2, 0) is 9.53 Å². The fourth-order valence-electron chi connectivity index (χ4n) is 6.33. The smallest absolute Gasteiger partial charge is 0.329 e. The van der Waals surface area contributed by atoms with E-state index in [0.717, 1.165) is 11.3 Å². The summed E-state index contributed by atoms with van der Waals surface area (Å²) in [5.41, 5.74) is 1.66. The number of carbonyl (C=O) groups excluding carboxylic acids is 3. The average Bonchev–Trinajstić information content (AvgIpc) is 3.35. The molecule has 1 fully saturated rings. The number of rotatable bonds is 4. The molecule has 2 aliphatic heterocycles. The number of ether oxygens (including phenoxy) is 2. The SMILES string of the molecule is CCOC(=O)[C@H]1[C@H](c2cccc(OC)c2)C2(C(=O)c3ccccc3C2=O)C2C=Cc3ccccc3N21. The molecule has 2 heterocycles. The zero-order chi connectivity index (χ0) is 25.0. The second-order valence-corrected chi connectivity index (χ2v) is 9.29. The Morgan fingerprint density at radius 2 is 1.64 bits per heavy atom. The number of hydrogen-bond donors (Lipinski definition) is 0. The molecule has 1 spiro atoms. The van der Waals surface area contributed by atoms with Gasteiger partial charge in [0.15, 0.2) is 11.6 Å². The first-order valence-electron chi connectivity index (χ1n) is 12.1. The van der Waals surface area contributed by atoms with E-state index < -0.39 is 29.4 Å². The molecule has 3 aromatic carbocycles. The van der Waals surface area contributed by atoms with E-state index in [2.05, 4.69) is 0 Å². The van der Waals surface area contributed by atoms with Crippen molar-refractivity contribution in [2.24, 2.45) is 5.41 Å². The number of benzene rings is 3. The van der Waals surface area contributed by atoms with Crippen molar-refractivity contribution in [1.29, 1.82) is 0 Å². The molecule has 180 valence electrons. The van der Waals surface area contributed by atoms with Gasteiger partial charge in [-0.05, 0) is 36.2 Å². The van der Waals surface area contributed by atoms with Gasteiger partial charge in [0, 0.05) is 22.7 Å². The highest BCUT2D eigenvalue weighted by Gasteiger charge is 2.72. The number of ketones is 2. The van der Waals surface area contributed by atoms with Crippen LogP contribution in [0.5, 0.6) is 5.75 Å². The first-order chi connectivity index (χ1) is 17.5. The molecule has 1 unspecified atom stereocenters. The van der Waals surface area contributed by atoms with E-state index in [1.807, 2.05) is 59.5 Å². The Morgan fingerprint density at radius 3 is 2.33 bits per heavy atom. The third-order valence-electron chi connectivity index (χ3n) is 7.69. The van der Waals surface area contributed by atoms with Crippen molar-refractivity contribution in [2.45, 2.75) is 24.9 Å². The van der Waals surface area contributed by atoms with Crippen LogP contribution >= 0.6 is 0 Å². The topological polar surface area (TPSA) is 72.9 Å². The number of nitrogens with zero attached hydrogens (tertiary/aromatic N) is 1. The van der Waals surface area contributed by atoms with Gasteiger partial charge in [-0.3, -0.25) is 9.59 Å². The molecule has 1 saturated heterocycles. The summed E-state index contributed by atoms with van der Waals surface area (Å²) in [6.07, 6.45) is 3.84. The van der Waals surface area contributed by atoms with Crippen LogP contribution in [0, 0.1) is 5.41 Å². The number of carbonyl (C=O) groups is 3. The lowest BCUT2D eigenvalue weighted by atomic mass is 9.64. The van der Waals surface area contributed by atoms with E-state index in [0.29, 0.717) is 22.4 Å². The molecule has 0 radical (unpaired) electrons. The van der Waals surface area contributed by atoms with Crippen molar-refractivity contribution in [3.63, 3.8) is 0 Å². The molecule has 6 rings (SSSR count). The average molecular weight is 480 g/mol. The maximum absolute atomic E-state index is 14.4. The molecule has 36 heavy (non-hydrogen) atoms. The minimum absolute atomic E-state index is 0.186. The molecule has 6 nitrogen and oxygen atoms in total. The van der Waals surface area contributed by atoms with Crippen LogP contribution in [0.2, 0.25) is 0 Å². The van der Waals surface area contributed by atoms with Crippen LogP contribution in [0.1, 0.15) is 44.7 Å². The first kappa shape index (κ1) is 22.3. The Balaban J connectivity index is 1.68. The molecular formula is C30H25NO5. The van der Waals surface area contributed by atoms with Gasteiger partial charge in [0.25, 0.3) is 0 Å². The Hall–Kier alpha value is -4.19. The Kier molecular flexibility index (Phi) is 5.07. The van der Waals surface area contributed by atoms with Crippen LogP contribution in [0.4, 0.5) is 5.69 Å². The van der Waals surface area contributed by atoms with Gasteiger partial charge in [0.1, 0.15) is 17.2 Å². The molecule has 3 aromatic rings. The molecule has 6 heteroatoms. The Bertz CT molecular complexity index is 1410. The zero-order valence-electron chi connectivity index (χ0n) is 20.0. The zero-order valence-corrected chi connectivity index (χ0v) is 20.0. The summed E-state index contributed by atoms with van der Waals surface area (Å²) in [5, 5.41) is 0. The molecule has 0 amide bonds. The highest BCUT2D eigenvalue weighted by atomic mass is 16.5. The van der Waals surface area contributed by atoms with Crippen LogP contribution in [0.3, 0.4) is 0 Å². The van der Waals surface area contributed by atoms with Crippen LogP contribution < -0.4 is 9.64 Å². The fourth-order valence-corrected chi connectivity index (χ4v) is 6.33. The first-order valence-corrected chi connectivity index (χ1v) is 12.1. The molecule has 0 N–H and O–H groups in total. The number of para-hydroxylation sites is 1. The lowest BCUT2D eigenvalue weighted by Gasteiger charge is -2.36. The second-order valence-electron chi connectivity index (χ2n) is 9.29. The van der Waals surface area contributed by atoms with Crippen LogP contribution in [0.25, 0.3) is 6.08 Å². The Morgan fingerprint density at radius 1 is 0.944 bits per heavy atom. The number of Topliss-reactive ketones (excluding diaryl/α,β-unsaturated/α-hetero) is 2. The summed E-state index contributed by atoms with van der Waals surface area (Å²) in [5.74, 6) is -1.20. The van der Waals surface area contributed by atoms with Gasteiger partial charge in [-0.2, -0.15) is 0 Å². The normalized spacial score (nSPS) is 22.8. The maximum Gasteiger partial charge on any atom is 0.329 e. The quantitative estimate of drug-likeness (QED) is 0.399. The predicted octanol–water partition coefficient (Wildman–Crippen LogP) is 4.69. The van der Waals surface area contributed by atoms with Gasteiger partial charge in [0.2, 0.25) is 0 Å². The van der Waals surface area contributed by atoms with Crippen LogP contribution in [0.15, 0.2) is 78.9 Å². The molecule has 0 aromatic heterocycles. The predicted molar refractivity (Wildman–Crippen MR) is 135 cm³/mol. The largest absolute Gasteiger partial charge is 0.497 e. The van der Waals surface area contributed by atoms with Crippen molar-refractivity contribution in [2.75, 3.05) is 18.6 Å². The van der Waals surface area contributed by atoms with Crippen molar-refractivity contribution in [1.82, 2.24) is 0 Å². The third-order valence-corrected chi connectivity index (χ3v) is 7.69. The fraction of sp³-hybridized carbons (Fsp3) is 0.233. The van der Waals surface area contributed by atoms with Crippen LogP contribution in [-0.4, -0.2) is 43.3 Å². The molecule has 3 atom stereocenters. The number of esters is 1. The van der Waals surface area contributed by atoms with Crippen molar-refractivity contribution in [3.05, 3.63) is 101 Å². The van der Waals surface area contributed by atoms with E-state index in [4.69, 9.17) is 9.47 Å². The van der Waals surface area contributed by atoms with Crippen molar-refractivity contribution >= 4 is 29.3 Å². The van der Waals surface area contributed by atoms with Crippen molar-refractivity contribution in [3.8, 4) is 5.75 Å².